The number of rotatable bonds is 2. The fourth-order valence-corrected chi connectivity index (χ4v) is 2.64. The summed E-state index contributed by atoms with van der Waals surface area (Å²) in [6.45, 7) is 1.48. The zero-order chi connectivity index (χ0) is 19.2. The van der Waals surface area contributed by atoms with Crippen molar-refractivity contribution in [3.05, 3.63) is 50.8 Å². The van der Waals surface area contributed by atoms with E-state index in [9.17, 15) is 19.5 Å². The Hall–Kier alpha value is -3.80. The Morgan fingerprint density at radius 2 is 1.73 bits per heavy atom. The zero-order valence-corrected chi connectivity index (χ0v) is 14.1. The van der Waals surface area contributed by atoms with Gasteiger partial charge in [-0.2, -0.15) is 10.4 Å². The SMILES string of the molecule is Cc1c(C#N)c(O)n(C)c(=O)c1N=Nc1ccc2c(c1)C(=O)N(C)C2=O. The van der Waals surface area contributed by atoms with Crippen LogP contribution in [0.2, 0.25) is 0 Å². The van der Waals surface area contributed by atoms with Crippen LogP contribution in [-0.4, -0.2) is 33.4 Å². The minimum absolute atomic E-state index is 0.0718. The number of nitrogens with zero attached hydrogens (tertiary/aromatic N) is 5. The number of hydrogen-bond donors (Lipinski definition) is 1. The Kier molecular flexibility index (Phi) is 3.88. The van der Waals surface area contributed by atoms with Gasteiger partial charge in [-0.05, 0) is 25.1 Å². The average molecular weight is 351 g/mol. The molecule has 0 atom stereocenters. The highest BCUT2D eigenvalue weighted by Crippen LogP contribution is 2.29. The van der Waals surface area contributed by atoms with Crippen molar-refractivity contribution in [2.75, 3.05) is 7.05 Å². The maximum Gasteiger partial charge on any atom is 0.281 e. The number of benzene rings is 1. The molecule has 26 heavy (non-hydrogen) atoms. The van der Waals surface area contributed by atoms with Crippen molar-refractivity contribution in [1.29, 1.82) is 5.26 Å². The predicted molar refractivity (Wildman–Crippen MR) is 89.8 cm³/mol. The number of azo groups is 1. The normalized spacial score (nSPS) is 13.4. The fraction of sp³-hybridized carbons (Fsp3) is 0.176. The van der Waals surface area contributed by atoms with Crippen molar-refractivity contribution in [2.45, 2.75) is 6.92 Å². The minimum Gasteiger partial charge on any atom is -0.493 e. The molecule has 1 aromatic carbocycles. The number of pyridine rings is 1. The van der Waals surface area contributed by atoms with E-state index >= 15 is 0 Å². The van der Waals surface area contributed by atoms with Gasteiger partial charge in [0.25, 0.3) is 17.4 Å². The van der Waals surface area contributed by atoms with Crippen molar-refractivity contribution in [3.63, 3.8) is 0 Å². The van der Waals surface area contributed by atoms with E-state index in [1.165, 1.54) is 39.2 Å². The van der Waals surface area contributed by atoms with Gasteiger partial charge >= 0.3 is 0 Å². The van der Waals surface area contributed by atoms with E-state index in [-0.39, 0.29) is 33.6 Å². The van der Waals surface area contributed by atoms with E-state index < -0.39 is 23.3 Å². The molecule has 1 aromatic heterocycles. The molecule has 9 heteroatoms. The van der Waals surface area contributed by atoms with E-state index in [1.807, 2.05) is 6.07 Å². The monoisotopic (exact) mass is 351 g/mol. The first-order chi connectivity index (χ1) is 12.3. The number of aromatic hydroxyl groups is 1. The van der Waals surface area contributed by atoms with Crippen molar-refractivity contribution < 1.29 is 14.7 Å². The van der Waals surface area contributed by atoms with Crippen LogP contribution < -0.4 is 5.56 Å². The third-order valence-electron chi connectivity index (χ3n) is 4.23. The second kappa shape index (κ2) is 5.93. The Labute approximate surface area is 147 Å². The van der Waals surface area contributed by atoms with Crippen molar-refractivity contribution in [1.82, 2.24) is 9.47 Å². The molecule has 2 amide bonds. The fourth-order valence-electron chi connectivity index (χ4n) is 2.64. The van der Waals surface area contributed by atoms with E-state index in [1.54, 1.807) is 0 Å². The van der Waals surface area contributed by atoms with Gasteiger partial charge in [-0.15, -0.1) is 5.11 Å². The highest BCUT2D eigenvalue weighted by atomic mass is 16.3. The molecule has 3 rings (SSSR count). The lowest BCUT2D eigenvalue weighted by Gasteiger charge is -2.08. The number of imide groups is 1. The molecule has 0 unspecified atom stereocenters. The first kappa shape index (κ1) is 17.0. The van der Waals surface area contributed by atoms with E-state index in [0.29, 0.717) is 0 Å². The first-order valence-electron chi connectivity index (χ1n) is 7.48. The maximum atomic E-state index is 12.3. The molecule has 9 nitrogen and oxygen atoms in total. The van der Waals surface area contributed by atoms with Crippen molar-refractivity contribution in [2.24, 2.45) is 17.3 Å². The van der Waals surface area contributed by atoms with Crippen LogP contribution in [0.15, 0.2) is 33.2 Å². The molecule has 1 N–H and O–H groups in total. The largest absolute Gasteiger partial charge is 0.493 e. The molecule has 0 radical (unpaired) electrons. The number of nitriles is 1. The van der Waals surface area contributed by atoms with Crippen LogP contribution in [0.1, 0.15) is 31.8 Å². The number of carbonyl (C=O) groups excluding carboxylic acids is 2. The van der Waals surface area contributed by atoms with E-state index in [0.717, 1.165) is 9.47 Å². The van der Waals surface area contributed by atoms with E-state index in [4.69, 9.17) is 5.26 Å². The lowest BCUT2D eigenvalue weighted by atomic mass is 10.1. The summed E-state index contributed by atoms with van der Waals surface area (Å²) in [6, 6.07) is 6.20. The quantitative estimate of drug-likeness (QED) is 0.653. The van der Waals surface area contributed by atoms with Crippen LogP contribution in [-0.2, 0) is 7.05 Å². The number of carbonyl (C=O) groups is 2. The summed E-state index contributed by atoms with van der Waals surface area (Å²) in [7, 11) is 2.70. The Morgan fingerprint density at radius 1 is 1.08 bits per heavy atom. The standard InChI is InChI=1S/C17H13N5O4/c1-8-12(7-18)16(25)22(3)17(26)13(8)20-19-9-4-5-10-11(6-9)15(24)21(2)14(10)23/h4-6,25H,1-3H3. The Bertz CT molecular complexity index is 1110. The van der Waals surface area contributed by atoms with Gasteiger partial charge in [0.05, 0.1) is 16.8 Å². The summed E-state index contributed by atoms with van der Waals surface area (Å²) in [6.07, 6.45) is 0. The number of hydrogen-bond acceptors (Lipinski definition) is 7. The molecule has 1 aliphatic heterocycles. The van der Waals surface area contributed by atoms with Crippen molar-refractivity contribution in [3.8, 4) is 11.9 Å². The number of fused-ring (bicyclic) bond motifs is 1. The summed E-state index contributed by atoms with van der Waals surface area (Å²) in [4.78, 5) is 37.2. The van der Waals surface area contributed by atoms with Crippen LogP contribution in [0.4, 0.5) is 11.4 Å². The molecule has 0 saturated heterocycles. The van der Waals surface area contributed by atoms with Crippen LogP contribution in [0, 0.1) is 18.3 Å². The van der Waals surface area contributed by atoms with Crippen LogP contribution in [0.3, 0.4) is 0 Å². The lowest BCUT2D eigenvalue weighted by Crippen LogP contribution is -2.24. The lowest BCUT2D eigenvalue weighted by molar-refractivity contribution is 0.0693. The third-order valence-corrected chi connectivity index (χ3v) is 4.23. The molecule has 1 aliphatic rings. The minimum atomic E-state index is -0.616. The molecule has 0 fully saturated rings. The van der Waals surface area contributed by atoms with Gasteiger partial charge in [0, 0.05) is 19.7 Å². The Morgan fingerprint density at radius 3 is 2.38 bits per heavy atom. The average Bonchev–Trinajstić information content (AvgIpc) is 2.84. The van der Waals surface area contributed by atoms with Gasteiger partial charge in [-0.25, -0.2) is 0 Å². The smallest absolute Gasteiger partial charge is 0.281 e. The highest BCUT2D eigenvalue weighted by molar-refractivity contribution is 6.21. The van der Waals surface area contributed by atoms with Gasteiger partial charge in [0.1, 0.15) is 11.6 Å². The van der Waals surface area contributed by atoms with Crippen LogP contribution in [0.5, 0.6) is 5.88 Å². The van der Waals surface area contributed by atoms with E-state index in [2.05, 4.69) is 10.2 Å². The number of amides is 2. The summed E-state index contributed by atoms with van der Waals surface area (Å²) in [5, 5.41) is 26.8. The summed E-state index contributed by atoms with van der Waals surface area (Å²) in [5.41, 5.74) is 0.174. The Balaban J connectivity index is 2.07. The van der Waals surface area contributed by atoms with Gasteiger partial charge < -0.3 is 5.11 Å². The summed E-state index contributed by atoms with van der Waals surface area (Å²) in [5.74, 6) is -1.28. The molecular formula is C17H13N5O4. The second-order valence-electron chi connectivity index (χ2n) is 5.75. The first-order valence-corrected chi connectivity index (χ1v) is 7.48. The predicted octanol–water partition coefficient (Wildman–Crippen LogP) is 1.91. The molecule has 0 saturated carbocycles. The van der Waals surface area contributed by atoms with Crippen molar-refractivity contribution >= 4 is 23.2 Å². The van der Waals surface area contributed by atoms with Gasteiger partial charge in [-0.1, -0.05) is 0 Å². The third kappa shape index (κ3) is 2.36. The molecule has 0 aliphatic carbocycles. The number of aromatic nitrogens is 1. The molecule has 0 bridgehead atoms. The maximum absolute atomic E-state index is 12.3. The molecule has 2 aromatic rings. The topological polar surface area (TPSA) is 128 Å². The molecule has 2 heterocycles. The van der Waals surface area contributed by atoms with Gasteiger partial charge in [-0.3, -0.25) is 23.9 Å². The second-order valence-corrected chi connectivity index (χ2v) is 5.75. The highest BCUT2D eigenvalue weighted by Gasteiger charge is 2.32. The molecular weight excluding hydrogens is 338 g/mol. The van der Waals surface area contributed by atoms with Crippen LogP contribution >= 0.6 is 0 Å². The zero-order valence-electron chi connectivity index (χ0n) is 14.1. The van der Waals surface area contributed by atoms with Gasteiger partial charge in [0.2, 0.25) is 5.88 Å². The van der Waals surface area contributed by atoms with Gasteiger partial charge in [0.15, 0.2) is 5.69 Å². The van der Waals surface area contributed by atoms with Crippen LogP contribution in [0.25, 0.3) is 0 Å². The summed E-state index contributed by atoms with van der Waals surface area (Å²) < 4.78 is 0.903. The summed E-state index contributed by atoms with van der Waals surface area (Å²) >= 11 is 0. The molecule has 130 valence electrons. The molecule has 0 spiro atoms.